The molecule has 148 valence electrons. The number of carbonyl (C=O) groups excluding carboxylic acids is 2. The van der Waals surface area contributed by atoms with E-state index in [1.54, 1.807) is 42.5 Å². The molecule has 0 aliphatic carbocycles. The Balaban J connectivity index is 1.91. The highest BCUT2D eigenvalue weighted by molar-refractivity contribution is 5.95. The first-order valence-corrected chi connectivity index (χ1v) is 8.86. The maximum absolute atomic E-state index is 13.1. The summed E-state index contributed by atoms with van der Waals surface area (Å²) in [5.41, 5.74) is 1.97. The van der Waals surface area contributed by atoms with Gasteiger partial charge in [-0.15, -0.1) is 6.58 Å². The van der Waals surface area contributed by atoms with Gasteiger partial charge in [-0.05, 0) is 56.1 Å². The van der Waals surface area contributed by atoms with Crippen molar-refractivity contribution in [3.8, 4) is 0 Å². The molecule has 2 aromatic rings. The zero-order valence-corrected chi connectivity index (χ0v) is 16.0. The third-order valence-corrected chi connectivity index (χ3v) is 4.15. The first-order chi connectivity index (χ1) is 13.4. The SMILES string of the molecule is C=CCNC(=O)c1ccc(NC(=O)NCC(c2ccc(F)cc2)N(C)C)cc1. The molecule has 1 atom stereocenters. The maximum atomic E-state index is 13.1. The second-order valence-corrected chi connectivity index (χ2v) is 6.44. The maximum Gasteiger partial charge on any atom is 0.319 e. The van der Waals surface area contributed by atoms with E-state index in [1.807, 2.05) is 19.0 Å². The molecule has 0 spiro atoms. The largest absolute Gasteiger partial charge is 0.349 e. The number of urea groups is 1. The average molecular weight is 384 g/mol. The van der Waals surface area contributed by atoms with Crippen LogP contribution in [0.25, 0.3) is 0 Å². The van der Waals surface area contributed by atoms with Gasteiger partial charge in [-0.3, -0.25) is 4.79 Å². The molecule has 7 heteroatoms. The van der Waals surface area contributed by atoms with Crippen LogP contribution in [0.4, 0.5) is 14.9 Å². The van der Waals surface area contributed by atoms with Gasteiger partial charge in [0.2, 0.25) is 0 Å². The summed E-state index contributed by atoms with van der Waals surface area (Å²) in [4.78, 5) is 26.0. The molecule has 2 rings (SSSR count). The lowest BCUT2D eigenvalue weighted by atomic mass is 10.1. The molecule has 3 N–H and O–H groups in total. The highest BCUT2D eigenvalue weighted by Gasteiger charge is 2.15. The molecule has 0 saturated heterocycles. The lowest BCUT2D eigenvalue weighted by Gasteiger charge is -2.25. The van der Waals surface area contributed by atoms with Crippen molar-refractivity contribution in [3.63, 3.8) is 0 Å². The molecule has 0 fully saturated rings. The van der Waals surface area contributed by atoms with Crippen LogP contribution < -0.4 is 16.0 Å². The van der Waals surface area contributed by atoms with Crippen LogP contribution in [0.2, 0.25) is 0 Å². The molecular weight excluding hydrogens is 359 g/mol. The number of nitrogens with one attached hydrogen (secondary N) is 3. The summed E-state index contributed by atoms with van der Waals surface area (Å²) < 4.78 is 13.1. The van der Waals surface area contributed by atoms with Gasteiger partial charge < -0.3 is 20.9 Å². The summed E-state index contributed by atoms with van der Waals surface area (Å²) in [5, 5.41) is 8.23. The predicted octanol–water partition coefficient (Wildman–Crippen LogP) is 3.17. The van der Waals surface area contributed by atoms with Gasteiger partial charge in [0.1, 0.15) is 5.82 Å². The Labute approximate surface area is 164 Å². The van der Waals surface area contributed by atoms with Crippen molar-refractivity contribution in [2.75, 3.05) is 32.5 Å². The van der Waals surface area contributed by atoms with Crippen LogP contribution in [0.3, 0.4) is 0 Å². The summed E-state index contributed by atoms with van der Waals surface area (Å²) in [6.45, 7) is 4.29. The van der Waals surface area contributed by atoms with E-state index in [-0.39, 0.29) is 23.8 Å². The minimum atomic E-state index is -0.363. The number of carbonyl (C=O) groups is 2. The predicted molar refractivity (Wildman–Crippen MR) is 109 cm³/mol. The Bertz CT molecular complexity index is 804. The van der Waals surface area contributed by atoms with Crippen LogP contribution in [-0.2, 0) is 0 Å². The summed E-state index contributed by atoms with van der Waals surface area (Å²) in [5.74, 6) is -0.502. The lowest BCUT2D eigenvalue weighted by molar-refractivity contribution is 0.0958. The van der Waals surface area contributed by atoms with Crippen molar-refractivity contribution >= 4 is 17.6 Å². The van der Waals surface area contributed by atoms with E-state index in [2.05, 4.69) is 22.5 Å². The summed E-state index contributed by atoms with van der Waals surface area (Å²) in [6.07, 6.45) is 1.60. The fraction of sp³-hybridized carbons (Fsp3) is 0.238. The molecule has 3 amide bonds. The quantitative estimate of drug-likeness (QED) is 0.612. The van der Waals surface area contributed by atoms with Crippen LogP contribution in [0.1, 0.15) is 22.0 Å². The van der Waals surface area contributed by atoms with Crippen LogP contribution in [0, 0.1) is 5.82 Å². The van der Waals surface area contributed by atoms with Gasteiger partial charge in [0.05, 0.1) is 6.04 Å². The van der Waals surface area contributed by atoms with E-state index in [0.29, 0.717) is 24.3 Å². The summed E-state index contributed by atoms with van der Waals surface area (Å²) in [7, 11) is 3.79. The van der Waals surface area contributed by atoms with E-state index in [0.717, 1.165) is 5.56 Å². The van der Waals surface area contributed by atoms with Gasteiger partial charge in [-0.2, -0.15) is 0 Å². The van der Waals surface area contributed by atoms with Gasteiger partial charge in [0.25, 0.3) is 5.91 Å². The zero-order chi connectivity index (χ0) is 20.5. The van der Waals surface area contributed by atoms with Crippen LogP contribution in [0.5, 0.6) is 0 Å². The monoisotopic (exact) mass is 384 g/mol. The van der Waals surface area contributed by atoms with Crippen molar-refractivity contribution in [2.45, 2.75) is 6.04 Å². The third-order valence-electron chi connectivity index (χ3n) is 4.15. The van der Waals surface area contributed by atoms with E-state index in [4.69, 9.17) is 0 Å². The van der Waals surface area contributed by atoms with E-state index in [1.165, 1.54) is 12.1 Å². The minimum absolute atomic E-state index is 0.0951. The van der Waals surface area contributed by atoms with Gasteiger partial charge >= 0.3 is 6.03 Å². The van der Waals surface area contributed by atoms with E-state index in [9.17, 15) is 14.0 Å². The minimum Gasteiger partial charge on any atom is -0.349 e. The molecule has 0 radical (unpaired) electrons. The Morgan fingerprint density at radius 3 is 2.29 bits per heavy atom. The van der Waals surface area contributed by atoms with Gasteiger partial charge in [-0.25, -0.2) is 9.18 Å². The van der Waals surface area contributed by atoms with Gasteiger partial charge in [0.15, 0.2) is 0 Å². The number of anilines is 1. The van der Waals surface area contributed by atoms with Crippen molar-refractivity contribution in [1.82, 2.24) is 15.5 Å². The number of benzene rings is 2. The topological polar surface area (TPSA) is 73.5 Å². The van der Waals surface area contributed by atoms with E-state index < -0.39 is 0 Å². The first kappa shape index (κ1) is 21.1. The number of hydrogen-bond acceptors (Lipinski definition) is 3. The van der Waals surface area contributed by atoms with Crippen LogP contribution in [0.15, 0.2) is 61.2 Å². The third kappa shape index (κ3) is 6.21. The number of nitrogens with zero attached hydrogens (tertiary/aromatic N) is 1. The van der Waals surface area contributed by atoms with Crippen LogP contribution in [-0.4, -0.2) is 44.0 Å². The van der Waals surface area contributed by atoms with Crippen molar-refractivity contribution in [1.29, 1.82) is 0 Å². The summed E-state index contributed by atoms with van der Waals surface area (Å²) in [6, 6.07) is 12.3. The normalized spacial score (nSPS) is 11.6. The molecule has 28 heavy (non-hydrogen) atoms. The molecule has 0 saturated carbocycles. The zero-order valence-electron chi connectivity index (χ0n) is 16.0. The fourth-order valence-corrected chi connectivity index (χ4v) is 2.62. The van der Waals surface area contributed by atoms with Gasteiger partial charge in [0, 0.05) is 24.3 Å². The number of hydrogen-bond donors (Lipinski definition) is 3. The van der Waals surface area contributed by atoms with Crippen molar-refractivity contribution in [3.05, 3.63) is 78.1 Å². The summed E-state index contributed by atoms with van der Waals surface area (Å²) >= 11 is 0. The molecule has 1 unspecified atom stereocenters. The molecule has 2 aromatic carbocycles. The Kier molecular flexibility index (Phi) is 7.71. The second kappa shape index (κ2) is 10.2. The molecule has 0 aliphatic rings. The Morgan fingerprint density at radius 2 is 1.71 bits per heavy atom. The average Bonchev–Trinajstić information content (AvgIpc) is 2.68. The standard InChI is InChI=1S/C21H25FN4O2/c1-4-13-23-20(27)16-7-11-18(12-8-16)25-21(28)24-14-19(26(2)3)15-5-9-17(22)10-6-15/h4-12,19H,1,13-14H2,2-3H3,(H,23,27)(H2,24,25,28). The van der Waals surface area contributed by atoms with Crippen LogP contribution >= 0.6 is 0 Å². The highest BCUT2D eigenvalue weighted by Crippen LogP contribution is 2.18. The molecule has 0 bridgehead atoms. The molecule has 0 heterocycles. The van der Waals surface area contributed by atoms with Gasteiger partial charge in [-0.1, -0.05) is 18.2 Å². The smallest absolute Gasteiger partial charge is 0.319 e. The van der Waals surface area contributed by atoms with E-state index >= 15 is 0 Å². The fourth-order valence-electron chi connectivity index (χ4n) is 2.62. The number of likely N-dealkylation sites (N-methyl/N-ethyl adjacent to an activating group) is 1. The number of amides is 3. The Hall–Kier alpha value is -3.19. The lowest BCUT2D eigenvalue weighted by Crippen LogP contribution is -2.36. The Morgan fingerprint density at radius 1 is 1.07 bits per heavy atom. The van der Waals surface area contributed by atoms with Crippen molar-refractivity contribution in [2.24, 2.45) is 0 Å². The molecular formula is C21H25FN4O2. The number of rotatable bonds is 8. The highest BCUT2D eigenvalue weighted by atomic mass is 19.1. The first-order valence-electron chi connectivity index (χ1n) is 8.86. The number of halogens is 1. The second-order valence-electron chi connectivity index (χ2n) is 6.44. The van der Waals surface area contributed by atoms with Crippen molar-refractivity contribution < 1.29 is 14.0 Å². The molecule has 6 nitrogen and oxygen atoms in total. The molecule has 0 aliphatic heterocycles. The molecule has 0 aromatic heterocycles.